The van der Waals surface area contributed by atoms with E-state index in [9.17, 15) is 36.1 Å². The summed E-state index contributed by atoms with van der Waals surface area (Å²) >= 11 is 0. The monoisotopic (exact) mass is 418 g/mol. The fourth-order valence-electron chi connectivity index (χ4n) is 3.27. The first-order valence-corrected chi connectivity index (χ1v) is 9.59. The second-order valence-corrected chi connectivity index (χ2v) is 8.23. The van der Waals surface area contributed by atoms with Crippen molar-refractivity contribution < 1.29 is 30.9 Å². The average molecular weight is 418 g/mol. The number of aryl methyl sites for hydroxylation is 1. The van der Waals surface area contributed by atoms with Crippen LogP contribution in [-0.4, -0.2) is 25.4 Å². The Balaban J connectivity index is 2.21. The van der Waals surface area contributed by atoms with Gasteiger partial charge in [-0.05, 0) is 43.5 Å². The minimum Gasteiger partial charge on any atom is -0.335 e. The van der Waals surface area contributed by atoms with Gasteiger partial charge >= 0.3 is 5.51 Å². The molecular weight excluding hydrogens is 404 g/mol. The van der Waals surface area contributed by atoms with E-state index in [2.05, 4.69) is 0 Å². The summed E-state index contributed by atoms with van der Waals surface area (Å²) in [5, 5.41) is 11.5. The summed E-state index contributed by atoms with van der Waals surface area (Å²) in [4.78, 5) is 10.8. The predicted octanol–water partition coefficient (Wildman–Crippen LogP) is 4.42. The van der Waals surface area contributed by atoms with Gasteiger partial charge < -0.3 is 4.90 Å². The molecule has 0 saturated heterocycles. The third-order valence-corrected chi connectivity index (χ3v) is 6.08. The molecule has 28 heavy (non-hydrogen) atoms. The van der Waals surface area contributed by atoms with Gasteiger partial charge in [-0.15, -0.1) is 0 Å². The van der Waals surface area contributed by atoms with Gasteiger partial charge in [-0.1, -0.05) is 6.07 Å². The average Bonchev–Trinajstić information content (AvgIpc) is 2.63. The number of fused-ring (bicyclic) bond motifs is 1. The van der Waals surface area contributed by atoms with E-state index in [1.807, 2.05) is 0 Å². The molecule has 1 aliphatic heterocycles. The molecule has 0 aliphatic carbocycles. The van der Waals surface area contributed by atoms with Crippen LogP contribution in [0.3, 0.4) is 0 Å². The minimum absolute atomic E-state index is 0.0965. The van der Waals surface area contributed by atoms with Crippen molar-refractivity contribution in [1.29, 1.82) is 0 Å². The van der Waals surface area contributed by atoms with Crippen molar-refractivity contribution in [3.05, 3.63) is 57.4 Å². The van der Waals surface area contributed by atoms with Crippen molar-refractivity contribution in [2.24, 2.45) is 0 Å². The predicted molar refractivity (Wildman–Crippen MR) is 92.8 cm³/mol. The molecule has 150 valence electrons. The largest absolute Gasteiger partial charge is 0.501 e. The van der Waals surface area contributed by atoms with Crippen molar-refractivity contribution in [3.8, 4) is 0 Å². The minimum atomic E-state index is -5.74. The molecule has 11 heteroatoms. The maximum Gasteiger partial charge on any atom is 0.501 e. The SMILES string of the molecule is Cc1c(F)ccc2c1N(c1ccc(S(=O)(=O)C(F)(F)F)cc1[N+](=O)[O-])CCC2. The van der Waals surface area contributed by atoms with Crippen molar-refractivity contribution in [1.82, 2.24) is 0 Å². The molecule has 1 heterocycles. The molecule has 0 spiro atoms. The number of benzene rings is 2. The Labute approximate surface area is 157 Å². The first-order chi connectivity index (χ1) is 12.9. The number of rotatable bonds is 3. The smallest absolute Gasteiger partial charge is 0.335 e. The summed E-state index contributed by atoms with van der Waals surface area (Å²) in [5.74, 6) is -0.524. The highest BCUT2D eigenvalue weighted by atomic mass is 32.2. The lowest BCUT2D eigenvalue weighted by Gasteiger charge is -2.32. The summed E-state index contributed by atoms with van der Waals surface area (Å²) < 4.78 is 75.6. The summed E-state index contributed by atoms with van der Waals surface area (Å²) in [5.41, 5.74) is -5.09. The molecule has 2 aromatic rings. The molecule has 0 N–H and O–H groups in total. The molecule has 0 fully saturated rings. The van der Waals surface area contributed by atoms with Gasteiger partial charge in [0.2, 0.25) is 0 Å². The zero-order valence-electron chi connectivity index (χ0n) is 14.5. The molecule has 0 saturated carbocycles. The number of halogens is 4. The summed E-state index contributed by atoms with van der Waals surface area (Å²) in [6, 6.07) is 4.86. The van der Waals surface area contributed by atoms with E-state index < -0.39 is 36.7 Å². The second kappa shape index (κ2) is 6.73. The van der Waals surface area contributed by atoms with E-state index in [0.29, 0.717) is 30.7 Å². The molecule has 0 radical (unpaired) electrons. The van der Waals surface area contributed by atoms with Gasteiger partial charge in [0.1, 0.15) is 11.5 Å². The van der Waals surface area contributed by atoms with Crippen LogP contribution < -0.4 is 4.90 Å². The molecule has 1 aliphatic rings. The van der Waals surface area contributed by atoms with E-state index >= 15 is 0 Å². The molecule has 0 amide bonds. The van der Waals surface area contributed by atoms with Gasteiger partial charge in [0.25, 0.3) is 15.5 Å². The summed E-state index contributed by atoms with van der Waals surface area (Å²) in [6.07, 6.45) is 1.19. The molecule has 2 aromatic carbocycles. The number of hydrogen-bond donors (Lipinski definition) is 0. The first kappa shape index (κ1) is 20.1. The fourth-order valence-corrected chi connectivity index (χ4v) is 4.05. The molecule has 6 nitrogen and oxygen atoms in total. The highest BCUT2D eigenvalue weighted by Crippen LogP contribution is 2.42. The molecule has 3 rings (SSSR count). The number of anilines is 2. The molecule has 0 aromatic heterocycles. The second-order valence-electron chi connectivity index (χ2n) is 6.29. The number of sulfone groups is 1. The van der Waals surface area contributed by atoms with Gasteiger partial charge in [0.05, 0.1) is 15.5 Å². The zero-order chi connectivity index (χ0) is 20.9. The van der Waals surface area contributed by atoms with Gasteiger partial charge in [0.15, 0.2) is 0 Å². The van der Waals surface area contributed by atoms with Crippen molar-refractivity contribution >= 4 is 26.9 Å². The van der Waals surface area contributed by atoms with Crippen LogP contribution in [0.2, 0.25) is 0 Å². The highest BCUT2D eigenvalue weighted by Gasteiger charge is 2.47. The molecule has 0 unspecified atom stereocenters. The maximum atomic E-state index is 14.0. The van der Waals surface area contributed by atoms with E-state index in [-0.39, 0.29) is 17.8 Å². The number of nitro benzene ring substituents is 1. The first-order valence-electron chi connectivity index (χ1n) is 8.10. The lowest BCUT2D eigenvalue weighted by molar-refractivity contribution is -0.384. The van der Waals surface area contributed by atoms with E-state index in [1.165, 1.54) is 17.9 Å². The van der Waals surface area contributed by atoms with Gasteiger partial charge in [0, 0.05) is 18.2 Å². The third kappa shape index (κ3) is 3.19. The van der Waals surface area contributed by atoms with Crippen LogP contribution in [0, 0.1) is 22.9 Å². The summed E-state index contributed by atoms with van der Waals surface area (Å²) in [6.45, 7) is 1.77. The van der Waals surface area contributed by atoms with Crippen molar-refractivity contribution in [2.75, 3.05) is 11.4 Å². The lowest BCUT2D eigenvalue weighted by Crippen LogP contribution is -2.27. The molecular formula is C17H14F4N2O4S. The Hall–Kier alpha value is -2.69. The number of hydrogen-bond acceptors (Lipinski definition) is 5. The summed E-state index contributed by atoms with van der Waals surface area (Å²) in [7, 11) is -5.74. The lowest BCUT2D eigenvalue weighted by atomic mass is 9.97. The van der Waals surface area contributed by atoms with E-state index in [4.69, 9.17) is 0 Å². The van der Waals surface area contributed by atoms with Crippen LogP contribution in [0.5, 0.6) is 0 Å². The van der Waals surface area contributed by atoms with Crippen LogP contribution in [-0.2, 0) is 16.3 Å². The topological polar surface area (TPSA) is 80.5 Å². The fraction of sp³-hybridized carbons (Fsp3) is 0.294. The van der Waals surface area contributed by atoms with Crippen LogP contribution in [0.4, 0.5) is 34.6 Å². The van der Waals surface area contributed by atoms with E-state index in [1.54, 1.807) is 6.07 Å². The third-order valence-electron chi connectivity index (χ3n) is 4.60. The van der Waals surface area contributed by atoms with Crippen molar-refractivity contribution in [3.63, 3.8) is 0 Å². The zero-order valence-corrected chi connectivity index (χ0v) is 15.3. The normalized spacial score (nSPS) is 14.7. The van der Waals surface area contributed by atoms with Crippen LogP contribution in [0.1, 0.15) is 17.5 Å². The Bertz CT molecular complexity index is 1070. The van der Waals surface area contributed by atoms with Crippen LogP contribution in [0.25, 0.3) is 0 Å². The Morgan fingerprint density at radius 3 is 2.46 bits per heavy atom. The Morgan fingerprint density at radius 1 is 1.18 bits per heavy atom. The van der Waals surface area contributed by atoms with Gasteiger partial charge in [-0.3, -0.25) is 10.1 Å². The molecule has 0 atom stereocenters. The number of nitro groups is 1. The van der Waals surface area contributed by atoms with Crippen molar-refractivity contribution in [2.45, 2.75) is 30.2 Å². The Morgan fingerprint density at radius 2 is 1.86 bits per heavy atom. The quantitative estimate of drug-likeness (QED) is 0.419. The van der Waals surface area contributed by atoms with Crippen LogP contribution in [0.15, 0.2) is 35.2 Å². The van der Waals surface area contributed by atoms with Crippen LogP contribution >= 0.6 is 0 Å². The standard InChI is InChI=1S/C17H14F4N2O4S/c1-10-13(18)6-4-11-3-2-8-22(16(10)11)14-7-5-12(9-15(14)23(24)25)28(26,27)17(19,20)21/h4-7,9H,2-3,8H2,1H3. The Kier molecular flexibility index (Phi) is 4.82. The highest BCUT2D eigenvalue weighted by molar-refractivity contribution is 7.92. The van der Waals surface area contributed by atoms with Gasteiger partial charge in [-0.25, -0.2) is 12.8 Å². The van der Waals surface area contributed by atoms with E-state index in [0.717, 1.165) is 11.6 Å². The molecule has 0 bridgehead atoms. The number of alkyl halides is 3. The maximum absolute atomic E-state index is 14.0. The number of nitrogens with zero attached hydrogens (tertiary/aromatic N) is 2. The van der Waals surface area contributed by atoms with Gasteiger partial charge in [-0.2, -0.15) is 13.2 Å².